The zero-order chi connectivity index (χ0) is 19.2. The molecule has 0 saturated heterocycles. The van der Waals surface area contributed by atoms with E-state index in [0.29, 0.717) is 18.0 Å². The van der Waals surface area contributed by atoms with E-state index >= 15 is 0 Å². The Bertz CT molecular complexity index is 852. The Morgan fingerprint density at radius 3 is 2.48 bits per heavy atom. The number of anilines is 1. The van der Waals surface area contributed by atoms with Crippen molar-refractivity contribution in [3.63, 3.8) is 0 Å². The van der Waals surface area contributed by atoms with Gasteiger partial charge in [0.15, 0.2) is 6.61 Å². The molecule has 0 bridgehead atoms. The SMILES string of the molecule is COc1cc(/C=C/C(=O)OCC(=O)N2CCc3ccccc32)cc(OC)c1. The van der Waals surface area contributed by atoms with Crippen LogP contribution in [0, 0.1) is 0 Å². The molecular weight excluding hydrogens is 346 g/mol. The number of carbonyl (C=O) groups excluding carboxylic acids is 2. The van der Waals surface area contributed by atoms with Crippen LogP contribution >= 0.6 is 0 Å². The van der Waals surface area contributed by atoms with Crippen molar-refractivity contribution >= 4 is 23.6 Å². The number of methoxy groups -OCH3 is 2. The summed E-state index contributed by atoms with van der Waals surface area (Å²) in [5.74, 6) is 0.415. The van der Waals surface area contributed by atoms with E-state index in [2.05, 4.69) is 0 Å². The van der Waals surface area contributed by atoms with Gasteiger partial charge in [0.25, 0.3) is 5.91 Å². The summed E-state index contributed by atoms with van der Waals surface area (Å²) in [6.07, 6.45) is 3.68. The number of ether oxygens (including phenoxy) is 3. The van der Waals surface area contributed by atoms with Gasteiger partial charge in [0, 0.05) is 24.4 Å². The second kappa shape index (κ2) is 8.40. The fourth-order valence-corrected chi connectivity index (χ4v) is 2.95. The van der Waals surface area contributed by atoms with Crippen LogP contribution < -0.4 is 14.4 Å². The van der Waals surface area contributed by atoms with Crippen LogP contribution in [0.2, 0.25) is 0 Å². The van der Waals surface area contributed by atoms with E-state index in [-0.39, 0.29) is 12.5 Å². The van der Waals surface area contributed by atoms with Crippen LogP contribution in [0.25, 0.3) is 6.08 Å². The summed E-state index contributed by atoms with van der Waals surface area (Å²) in [7, 11) is 3.11. The van der Waals surface area contributed by atoms with Crippen molar-refractivity contribution in [3.8, 4) is 11.5 Å². The maximum absolute atomic E-state index is 12.3. The molecule has 0 spiro atoms. The van der Waals surface area contributed by atoms with Gasteiger partial charge in [0.1, 0.15) is 11.5 Å². The second-order valence-electron chi connectivity index (χ2n) is 6.01. The number of fused-ring (bicyclic) bond motifs is 1. The molecule has 2 aromatic rings. The Balaban J connectivity index is 1.57. The highest BCUT2D eigenvalue weighted by Crippen LogP contribution is 2.27. The third-order valence-corrected chi connectivity index (χ3v) is 4.31. The average Bonchev–Trinajstić information content (AvgIpc) is 3.14. The number of benzene rings is 2. The summed E-state index contributed by atoms with van der Waals surface area (Å²) in [6, 6.07) is 13.0. The van der Waals surface area contributed by atoms with Crippen LogP contribution in [-0.2, 0) is 20.7 Å². The summed E-state index contributed by atoms with van der Waals surface area (Å²) in [6.45, 7) is 0.314. The fraction of sp³-hybridized carbons (Fsp3) is 0.238. The molecule has 1 aliphatic heterocycles. The van der Waals surface area contributed by atoms with E-state index in [0.717, 1.165) is 23.2 Å². The minimum absolute atomic E-state index is 0.232. The molecule has 0 radical (unpaired) electrons. The standard InChI is InChI=1S/C21H21NO5/c1-25-17-11-15(12-18(13-17)26-2)7-8-21(24)27-14-20(23)22-10-9-16-5-3-4-6-19(16)22/h3-8,11-13H,9-10,14H2,1-2H3/b8-7+. The van der Waals surface area contributed by atoms with E-state index in [1.807, 2.05) is 24.3 Å². The lowest BCUT2D eigenvalue weighted by Gasteiger charge is -2.16. The van der Waals surface area contributed by atoms with Crippen LogP contribution in [-0.4, -0.2) is 39.2 Å². The normalized spacial score (nSPS) is 12.7. The third kappa shape index (κ3) is 4.47. The zero-order valence-corrected chi connectivity index (χ0v) is 15.3. The molecule has 140 valence electrons. The molecule has 0 saturated carbocycles. The third-order valence-electron chi connectivity index (χ3n) is 4.31. The minimum Gasteiger partial charge on any atom is -0.497 e. The van der Waals surface area contributed by atoms with Gasteiger partial charge in [-0.3, -0.25) is 4.79 Å². The van der Waals surface area contributed by atoms with Gasteiger partial charge in [-0.25, -0.2) is 4.79 Å². The number of amides is 1. The van der Waals surface area contributed by atoms with Crippen molar-refractivity contribution in [2.45, 2.75) is 6.42 Å². The largest absolute Gasteiger partial charge is 0.497 e. The van der Waals surface area contributed by atoms with Gasteiger partial charge in [-0.15, -0.1) is 0 Å². The summed E-state index contributed by atoms with van der Waals surface area (Å²) in [5, 5.41) is 0. The van der Waals surface area contributed by atoms with Crippen LogP contribution in [0.4, 0.5) is 5.69 Å². The van der Waals surface area contributed by atoms with Crippen molar-refractivity contribution in [3.05, 3.63) is 59.7 Å². The molecule has 0 N–H and O–H groups in total. The molecule has 0 aliphatic carbocycles. The number of hydrogen-bond donors (Lipinski definition) is 0. The summed E-state index contributed by atoms with van der Waals surface area (Å²) in [4.78, 5) is 25.9. The first-order valence-corrected chi connectivity index (χ1v) is 8.57. The predicted molar refractivity (Wildman–Crippen MR) is 102 cm³/mol. The van der Waals surface area contributed by atoms with Crippen LogP contribution in [0.5, 0.6) is 11.5 Å². The molecule has 27 heavy (non-hydrogen) atoms. The van der Waals surface area contributed by atoms with Gasteiger partial charge in [-0.05, 0) is 41.8 Å². The quantitative estimate of drug-likeness (QED) is 0.580. The fourth-order valence-electron chi connectivity index (χ4n) is 2.95. The molecule has 1 heterocycles. The molecule has 1 amide bonds. The molecule has 1 aliphatic rings. The van der Waals surface area contributed by atoms with Crippen molar-refractivity contribution in [2.75, 3.05) is 32.3 Å². The molecule has 0 fully saturated rings. The first-order chi connectivity index (χ1) is 13.1. The summed E-state index contributed by atoms with van der Waals surface area (Å²) >= 11 is 0. The number of rotatable bonds is 6. The first-order valence-electron chi connectivity index (χ1n) is 8.57. The lowest BCUT2D eigenvalue weighted by atomic mass is 10.2. The van der Waals surface area contributed by atoms with Gasteiger partial charge in [-0.1, -0.05) is 18.2 Å². The number of hydrogen-bond acceptors (Lipinski definition) is 5. The first kappa shape index (κ1) is 18.5. The minimum atomic E-state index is -0.586. The van der Waals surface area contributed by atoms with E-state index < -0.39 is 5.97 Å². The second-order valence-corrected chi connectivity index (χ2v) is 6.01. The maximum atomic E-state index is 12.3. The number of carbonyl (C=O) groups is 2. The molecule has 0 aromatic heterocycles. The Labute approximate surface area is 158 Å². The topological polar surface area (TPSA) is 65.1 Å². The number of nitrogens with zero attached hydrogens (tertiary/aromatic N) is 1. The molecule has 6 heteroatoms. The van der Waals surface area contributed by atoms with Crippen molar-refractivity contribution in [2.24, 2.45) is 0 Å². The Morgan fingerprint density at radius 1 is 1.07 bits per heavy atom. The molecule has 0 unspecified atom stereocenters. The van der Waals surface area contributed by atoms with Gasteiger partial charge in [-0.2, -0.15) is 0 Å². The predicted octanol–water partition coefficient (Wildman–Crippen LogP) is 2.85. The van der Waals surface area contributed by atoms with Crippen LogP contribution in [0.1, 0.15) is 11.1 Å². The highest BCUT2D eigenvalue weighted by atomic mass is 16.5. The molecule has 6 nitrogen and oxygen atoms in total. The average molecular weight is 367 g/mol. The molecular formula is C21H21NO5. The van der Waals surface area contributed by atoms with Crippen LogP contribution in [0.15, 0.2) is 48.5 Å². The van der Waals surface area contributed by atoms with E-state index in [9.17, 15) is 9.59 Å². The number of para-hydroxylation sites is 1. The maximum Gasteiger partial charge on any atom is 0.331 e. The summed E-state index contributed by atoms with van der Waals surface area (Å²) in [5.41, 5.74) is 2.74. The van der Waals surface area contributed by atoms with Gasteiger partial charge < -0.3 is 19.1 Å². The van der Waals surface area contributed by atoms with E-state index in [1.54, 1.807) is 43.4 Å². The van der Waals surface area contributed by atoms with Gasteiger partial charge in [0.05, 0.1) is 14.2 Å². The number of esters is 1. The molecule has 3 rings (SSSR count). The highest BCUT2D eigenvalue weighted by Gasteiger charge is 2.24. The zero-order valence-electron chi connectivity index (χ0n) is 15.3. The summed E-state index contributed by atoms with van der Waals surface area (Å²) < 4.78 is 15.5. The van der Waals surface area contributed by atoms with Crippen molar-refractivity contribution < 1.29 is 23.8 Å². The van der Waals surface area contributed by atoms with Crippen molar-refractivity contribution in [1.29, 1.82) is 0 Å². The van der Waals surface area contributed by atoms with E-state index in [1.165, 1.54) is 6.08 Å². The lowest BCUT2D eigenvalue weighted by molar-refractivity contribution is -0.142. The highest BCUT2D eigenvalue weighted by molar-refractivity contribution is 5.98. The van der Waals surface area contributed by atoms with Crippen molar-refractivity contribution in [1.82, 2.24) is 0 Å². The monoisotopic (exact) mass is 367 g/mol. The molecule has 0 atom stereocenters. The van der Waals surface area contributed by atoms with Crippen LogP contribution in [0.3, 0.4) is 0 Å². The Morgan fingerprint density at radius 2 is 1.78 bits per heavy atom. The smallest absolute Gasteiger partial charge is 0.331 e. The Hall–Kier alpha value is -3.28. The Kier molecular flexibility index (Phi) is 5.76. The van der Waals surface area contributed by atoms with Gasteiger partial charge in [0.2, 0.25) is 0 Å². The lowest BCUT2D eigenvalue weighted by Crippen LogP contribution is -2.33. The molecule has 2 aromatic carbocycles. The van der Waals surface area contributed by atoms with E-state index in [4.69, 9.17) is 14.2 Å². The van der Waals surface area contributed by atoms with Gasteiger partial charge >= 0.3 is 5.97 Å².